The van der Waals surface area contributed by atoms with Crippen molar-refractivity contribution in [2.45, 2.75) is 34.1 Å². The second kappa shape index (κ2) is 3.91. The number of rotatable bonds is 3. The molecule has 1 nitrogen and oxygen atoms in total. The molecule has 0 aliphatic heterocycles. The maximum atomic E-state index is 11.6. The van der Waals surface area contributed by atoms with E-state index >= 15 is 0 Å². The molecule has 0 saturated heterocycles. The van der Waals surface area contributed by atoms with Crippen molar-refractivity contribution < 1.29 is 4.48 Å². The summed E-state index contributed by atoms with van der Waals surface area (Å²) in [6, 6.07) is 0. The number of nitrogens with one attached hydrogen (secondary N) is 1. The van der Waals surface area contributed by atoms with Crippen LogP contribution in [0.1, 0.15) is 34.1 Å². The van der Waals surface area contributed by atoms with Crippen LogP contribution < -0.4 is 5.54 Å². The monoisotopic (exact) mass is 147 g/mol. The van der Waals surface area contributed by atoms with Crippen molar-refractivity contribution in [2.24, 2.45) is 11.3 Å². The smallest absolute Gasteiger partial charge is 0.0285 e. The molecule has 62 valence electrons. The fourth-order valence-electron chi connectivity index (χ4n) is 1.25. The van der Waals surface area contributed by atoms with E-state index in [1.807, 2.05) is 0 Å². The number of hydrogen-bond acceptors (Lipinski definition) is 1. The highest BCUT2D eigenvalue weighted by Gasteiger charge is 2.14. The zero-order valence-electron chi connectivity index (χ0n) is 7.37. The molecule has 0 aromatic heterocycles. The van der Waals surface area contributed by atoms with Crippen LogP contribution >= 0.6 is 0 Å². The van der Waals surface area contributed by atoms with Gasteiger partial charge in [-0.15, -0.1) is 4.48 Å². The van der Waals surface area contributed by atoms with Gasteiger partial charge in [0.05, 0.1) is 0 Å². The predicted molar refractivity (Wildman–Crippen MR) is 42.3 cm³/mol. The fraction of sp³-hybridized carbons (Fsp3) is 1.00. The molecule has 10 heavy (non-hydrogen) atoms. The highest BCUT2D eigenvalue weighted by molar-refractivity contribution is 4.66. The van der Waals surface area contributed by atoms with Gasteiger partial charge in [-0.05, 0) is 17.8 Å². The van der Waals surface area contributed by atoms with Crippen molar-refractivity contribution in [3.8, 4) is 0 Å². The third-order valence-electron chi connectivity index (χ3n) is 1.39. The molecule has 0 aliphatic carbocycles. The zero-order valence-corrected chi connectivity index (χ0v) is 7.37. The quantitative estimate of drug-likeness (QED) is 0.605. The molecular formula is C8H18FN. The van der Waals surface area contributed by atoms with E-state index < -0.39 is 0 Å². The van der Waals surface area contributed by atoms with Crippen LogP contribution in [-0.4, -0.2) is 6.54 Å². The molecule has 0 saturated carbocycles. The van der Waals surface area contributed by atoms with E-state index in [1.165, 1.54) is 0 Å². The SMILES string of the molecule is CC(CNF)CC(C)(C)C. The summed E-state index contributed by atoms with van der Waals surface area (Å²) in [7, 11) is 0. The minimum Gasteiger partial charge on any atom is -0.159 e. The molecule has 1 N–H and O–H groups in total. The molecule has 0 amide bonds. The molecule has 0 aliphatic rings. The molecule has 0 rings (SSSR count). The first-order chi connectivity index (χ1) is 4.45. The Bertz CT molecular complexity index is 85.7. The molecule has 0 bridgehead atoms. The summed E-state index contributed by atoms with van der Waals surface area (Å²) >= 11 is 0. The Morgan fingerprint density at radius 3 is 2.20 bits per heavy atom. The molecule has 2 heteroatoms. The van der Waals surface area contributed by atoms with Crippen LogP contribution in [0.25, 0.3) is 0 Å². The van der Waals surface area contributed by atoms with Gasteiger partial charge in [0.25, 0.3) is 0 Å². The first kappa shape index (κ1) is 9.89. The Hall–Kier alpha value is -0.110. The van der Waals surface area contributed by atoms with Crippen molar-refractivity contribution in [3.63, 3.8) is 0 Å². The van der Waals surface area contributed by atoms with E-state index in [1.54, 1.807) is 5.54 Å². The maximum absolute atomic E-state index is 11.6. The van der Waals surface area contributed by atoms with Gasteiger partial charge in [0.2, 0.25) is 0 Å². The summed E-state index contributed by atoms with van der Waals surface area (Å²) in [5.41, 5.74) is 2.01. The lowest BCUT2D eigenvalue weighted by atomic mass is 9.85. The van der Waals surface area contributed by atoms with Crippen LogP contribution in [0, 0.1) is 11.3 Å². The van der Waals surface area contributed by atoms with Gasteiger partial charge in [0.15, 0.2) is 0 Å². The lowest BCUT2D eigenvalue weighted by molar-refractivity contribution is 0.247. The molecule has 0 fully saturated rings. The summed E-state index contributed by atoms with van der Waals surface area (Å²) in [6.07, 6.45) is 1.06. The maximum Gasteiger partial charge on any atom is 0.0285 e. The van der Waals surface area contributed by atoms with Crippen molar-refractivity contribution >= 4 is 0 Å². The average molecular weight is 147 g/mol. The Labute approximate surface area is 62.9 Å². The van der Waals surface area contributed by atoms with E-state index in [0.29, 0.717) is 17.9 Å². The lowest BCUT2D eigenvalue weighted by Crippen LogP contribution is -2.19. The number of halogens is 1. The predicted octanol–water partition coefficient (Wildman–Crippen LogP) is 2.53. The third kappa shape index (κ3) is 6.02. The Morgan fingerprint density at radius 2 is 1.90 bits per heavy atom. The summed E-state index contributed by atoms with van der Waals surface area (Å²) in [6.45, 7) is 9.03. The van der Waals surface area contributed by atoms with Gasteiger partial charge >= 0.3 is 0 Å². The van der Waals surface area contributed by atoms with E-state index in [0.717, 1.165) is 6.42 Å². The second-order valence-electron chi connectivity index (χ2n) is 4.21. The number of hydrogen-bond donors (Lipinski definition) is 1. The van der Waals surface area contributed by atoms with Gasteiger partial charge < -0.3 is 0 Å². The van der Waals surface area contributed by atoms with Crippen molar-refractivity contribution in [1.82, 2.24) is 5.54 Å². The normalized spacial score (nSPS) is 15.3. The topological polar surface area (TPSA) is 12.0 Å². The average Bonchev–Trinajstić information content (AvgIpc) is 1.59. The molecule has 0 heterocycles. The fourth-order valence-corrected chi connectivity index (χ4v) is 1.25. The van der Waals surface area contributed by atoms with Crippen molar-refractivity contribution in [2.75, 3.05) is 6.54 Å². The van der Waals surface area contributed by atoms with Gasteiger partial charge in [-0.25, -0.2) is 0 Å². The Balaban J connectivity index is 3.47. The van der Waals surface area contributed by atoms with E-state index in [-0.39, 0.29) is 0 Å². The largest absolute Gasteiger partial charge is 0.159 e. The Morgan fingerprint density at radius 1 is 1.40 bits per heavy atom. The molecule has 0 aromatic rings. The highest BCUT2D eigenvalue weighted by atomic mass is 19.2. The first-order valence-electron chi connectivity index (χ1n) is 3.79. The molecule has 0 radical (unpaired) electrons. The molecule has 0 spiro atoms. The van der Waals surface area contributed by atoms with Crippen LogP contribution in [0.2, 0.25) is 0 Å². The molecular weight excluding hydrogens is 129 g/mol. The van der Waals surface area contributed by atoms with E-state index in [4.69, 9.17) is 0 Å². The van der Waals surface area contributed by atoms with E-state index in [9.17, 15) is 4.48 Å². The Kier molecular flexibility index (Phi) is 3.87. The van der Waals surface area contributed by atoms with Crippen molar-refractivity contribution in [3.05, 3.63) is 0 Å². The second-order valence-corrected chi connectivity index (χ2v) is 4.21. The van der Waals surface area contributed by atoms with Crippen LogP contribution in [0.3, 0.4) is 0 Å². The molecule has 1 atom stereocenters. The molecule has 1 unspecified atom stereocenters. The molecule has 0 aromatic carbocycles. The highest BCUT2D eigenvalue weighted by Crippen LogP contribution is 2.23. The zero-order chi connectivity index (χ0) is 8.20. The lowest BCUT2D eigenvalue weighted by Gasteiger charge is -2.22. The van der Waals surface area contributed by atoms with Gasteiger partial charge in [-0.3, -0.25) is 0 Å². The van der Waals surface area contributed by atoms with Crippen LogP contribution in [0.5, 0.6) is 0 Å². The summed E-state index contributed by atoms with van der Waals surface area (Å²) in [4.78, 5) is 0. The summed E-state index contributed by atoms with van der Waals surface area (Å²) < 4.78 is 11.6. The van der Waals surface area contributed by atoms with Gasteiger partial charge in [-0.2, -0.15) is 5.54 Å². The van der Waals surface area contributed by atoms with E-state index in [2.05, 4.69) is 27.7 Å². The minimum atomic E-state index is 0.316. The van der Waals surface area contributed by atoms with Gasteiger partial charge in [0.1, 0.15) is 0 Å². The van der Waals surface area contributed by atoms with Gasteiger partial charge in [-0.1, -0.05) is 27.7 Å². The van der Waals surface area contributed by atoms with Crippen LogP contribution in [-0.2, 0) is 0 Å². The van der Waals surface area contributed by atoms with Crippen LogP contribution in [0.15, 0.2) is 0 Å². The third-order valence-corrected chi connectivity index (χ3v) is 1.39. The summed E-state index contributed by atoms with van der Waals surface area (Å²) in [5.74, 6) is 0.421. The van der Waals surface area contributed by atoms with Gasteiger partial charge in [0, 0.05) is 6.54 Å². The minimum absolute atomic E-state index is 0.316. The standard InChI is InChI=1S/C8H18FN/c1-7(6-10-9)5-8(2,3)4/h7,10H,5-6H2,1-4H3. The summed E-state index contributed by atoms with van der Waals surface area (Å²) in [5, 5.41) is 0. The van der Waals surface area contributed by atoms with Crippen LogP contribution in [0.4, 0.5) is 4.48 Å². The first-order valence-corrected chi connectivity index (χ1v) is 3.79. The van der Waals surface area contributed by atoms with Crippen molar-refractivity contribution in [1.29, 1.82) is 0 Å².